The Kier molecular flexibility index (Phi) is 15.6. The van der Waals surface area contributed by atoms with Crippen LogP contribution in [0, 0.1) is 0 Å². The molecule has 0 heterocycles. The molecule has 0 atom stereocenters. The van der Waals surface area contributed by atoms with Crippen LogP contribution in [0.5, 0.6) is 0 Å². The van der Waals surface area contributed by atoms with Gasteiger partial charge in [0.25, 0.3) is 0 Å². The lowest BCUT2D eigenvalue weighted by molar-refractivity contribution is -0.130. The monoisotopic (exact) mass is 554 g/mol. The zero-order valence-corrected chi connectivity index (χ0v) is 20.4. The summed E-state index contributed by atoms with van der Waals surface area (Å²) in [5.41, 5.74) is 1.10. The number of hydrogen-bond acceptors (Lipinski definition) is 3. The minimum atomic E-state index is 0. The second-order valence-corrected chi connectivity index (χ2v) is 6.78. The number of aliphatic imine (C=N–C) groups is 1. The number of halogens is 2. The van der Waals surface area contributed by atoms with Crippen molar-refractivity contribution < 1.29 is 9.53 Å². The molecule has 1 amide bonds. The topological polar surface area (TPSA) is 66.0 Å². The van der Waals surface area contributed by atoms with E-state index in [2.05, 4.69) is 31.6 Å². The zero-order chi connectivity index (χ0) is 19.2. The van der Waals surface area contributed by atoms with E-state index in [0.717, 1.165) is 48.6 Å². The number of carbonyl (C=O) groups excluding carboxylic acids is 1. The molecule has 1 aromatic carbocycles. The van der Waals surface area contributed by atoms with Crippen molar-refractivity contribution in [1.29, 1.82) is 0 Å². The second-order valence-electron chi connectivity index (χ2n) is 5.92. The van der Waals surface area contributed by atoms with Crippen LogP contribution in [-0.2, 0) is 16.1 Å². The van der Waals surface area contributed by atoms with Gasteiger partial charge in [-0.3, -0.25) is 9.79 Å². The Bertz CT molecular complexity index is 572. The first-order valence-electron chi connectivity index (χ1n) is 9.08. The lowest BCUT2D eigenvalue weighted by Crippen LogP contribution is -2.39. The third-order valence-electron chi connectivity index (χ3n) is 3.86. The second kappa shape index (κ2) is 16.1. The molecule has 0 aliphatic rings. The molecule has 0 saturated heterocycles. The van der Waals surface area contributed by atoms with Gasteiger partial charge in [-0.2, -0.15) is 0 Å². The van der Waals surface area contributed by atoms with Crippen molar-refractivity contribution in [3.63, 3.8) is 0 Å². The van der Waals surface area contributed by atoms with E-state index in [4.69, 9.17) is 4.74 Å². The molecule has 0 unspecified atom stereocenters. The maximum atomic E-state index is 12.3. The number of benzene rings is 1. The van der Waals surface area contributed by atoms with Gasteiger partial charge in [-0.25, -0.2) is 0 Å². The van der Waals surface area contributed by atoms with Gasteiger partial charge in [-0.1, -0.05) is 34.1 Å². The summed E-state index contributed by atoms with van der Waals surface area (Å²) in [4.78, 5) is 18.2. The van der Waals surface area contributed by atoms with E-state index in [1.807, 2.05) is 38.2 Å². The molecular formula is C19H32BrIN4O2. The highest BCUT2D eigenvalue weighted by atomic mass is 127. The molecule has 6 nitrogen and oxygen atoms in total. The van der Waals surface area contributed by atoms with E-state index in [1.165, 1.54) is 0 Å². The Morgan fingerprint density at radius 3 is 2.59 bits per heavy atom. The highest BCUT2D eigenvalue weighted by Gasteiger charge is 2.10. The lowest BCUT2D eigenvalue weighted by atomic mass is 10.2. The molecule has 2 N–H and O–H groups in total. The fraction of sp³-hybridized carbons (Fsp3) is 0.579. The van der Waals surface area contributed by atoms with Crippen LogP contribution in [0.2, 0.25) is 0 Å². The molecule has 0 aliphatic heterocycles. The number of amides is 1. The largest absolute Gasteiger partial charge is 0.382 e. The Hall–Kier alpha value is -0.870. The first-order chi connectivity index (χ1) is 12.6. The number of nitrogens with zero attached hydrogens (tertiary/aromatic N) is 2. The lowest BCUT2D eigenvalue weighted by Gasteiger charge is -2.19. The minimum Gasteiger partial charge on any atom is -0.382 e. The first-order valence-corrected chi connectivity index (χ1v) is 9.87. The first kappa shape index (κ1) is 26.1. The van der Waals surface area contributed by atoms with Gasteiger partial charge in [0.05, 0.1) is 0 Å². The fourth-order valence-electron chi connectivity index (χ4n) is 2.35. The van der Waals surface area contributed by atoms with Crippen LogP contribution >= 0.6 is 39.9 Å². The highest BCUT2D eigenvalue weighted by molar-refractivity contribution is 14.0. The van der Waals surface area contributed by atoms with Gasteiger partial charge in [0.15, 0.2) is 5.96 Å². The van der Waals surface area contributed by atoms with E-state index >= 15 is 0 Å². The molecule has 0 aromatic heterocycles. The van der Waals surface area contributed by atoms with Crippen molar-refractivity contribution in [2.45, 2.75) is 32.7 Å². The summed E-state index contributed by atoms with van der Waals surface area (Å²) in [6.07, 6.45) is 2.47. The number of hydrogen-bond donors (Lipinski definition) is 2. The van der Waals surface area contributed by atoms with Gasteiger partial charge in [-0.15, -0.1) is 24.0 Å². The molecule has 0 fully saturated rings. The Morgan fingerprint density at radius 2 is 1.93 bits per heavy atom. The summed E-state index contributed by atoms with van der Waals surface area (Å²) >= 11 is 3.52. The van der Waals surface area contributed by atoms with Crippen LogP contribution in [0.15, 0.2) is 33.7 Å². The van der Waals surface area contributed by atoms with E-state index in [1.54, 1.807) is 11.9 Å². The van der Waals surface area contributed by atoms with Crippen LogP contribution < -0.4 is 10.6 Å². The summed E-state index contributed by atoms with van der Waals surface area (Å²) in [6, 6.07) is 7.95. The van der Waals surface area contributed by atoms with Gasteiger partial charge in [-0.05, 0) is 31.4 Å². The number of rotatable bonds is 11. The number of nitrogens with one attached hydrogen (secondary N) is 2. The molecule has 0 aliphatic carbocycles. The van der Waals surface area contributed by atoms with E-state index in [-0.39, 0.29) is 29.9 Å². The zero-order valence-electron chi connectivity index (χ0n) is 16.5. The maximum Gasteiger partial charge on any atom is 0.224 e. The predicted octanol–water partition coefficient (Wildman–Crippen LogP) is 3.40. The van der Waals surface area contributed by atoms with Crippen molar-refractivity contribution in [3.05, 3.63) is 34.3 Å². The molecular weight excluding hydrogens is 523 g/mol. The van der Waals surface area contributed by atoms with Crippen LogP contribution in [0.1, 0.15) is 31.7 Å². The highest BCUT2D eigenvalue weighted by Crippen LogP contribution is 2.17. The van der Waals surface area contributed by atoms with Gasteiger partial charge in [0, 0.05) is 57.8 Å². The van der Waals surface area contributed by atoms with Gasteiger partial charge in [0.1, 0.15) is 0 Å². The summed E-state index contributed by atoms with van der Waals surface area (Å²) in [6.45, 7) is 5.54. The maximum absolute atomic E-state index is 12.3. The summed E-state index contributed by atoms with van der Waals surface area (Å²) in [5.74, 6) is 0.822. The molecule has 0 bridgehead atoms. The van der Waals surface area contributed by atoms with E-state index in [0.29, 0.717) is 19.5 Å². The van der Waals surface area contributed by atoms with E-state index in [9.17, 15) is 4.79 Å². The van der Waals surface area contributed by atoms with Crippen molar-refractivity contribution >= 4 is 51.8 Å². The third-order valence-corrected chi connectivity index (χ3v) is 4.63. The number of guanidine groups is 1. The molecule has 0 spiro atoms. The number of ether oxygens (including phenoxy) is 1. The van der Waals surface area contributed by atoms with Crippen molar-refractivity contribution in [2.75, 3.05) is 40.4 Å². The SMILES string of the molecule is CCOCCCCNC(=NC)NCCC(=O)N(C)Cc1ccccc1Br.I. The molecule has 27 heavy (non-hydrogen) atoms. The summed E-state index contributed by atoms with van der Waals surface area (Å²) in [5, 5.41) is 6.43. The molecule has 8 heteroatoms. The van der Waals surface area contributed by atoms with Crippen molar-refractivity contribution in [3.8, 4) is 0 Å². The fourth-order valence-corrected chi connectivity index (χ4v) is 2.76. The third kappa shape index (κ3) is 11.5. The van der Waals surface area contributed by atoms with Gasteiger partial charge < -0.3 is 20.3 Å². The normalized spacial score (nSPS) is 10.9. The van der Waals surface area contributed by atoms with Gasteiger partial charge >= 0.3 is 0 Å². The predicted molar refractivity (Wildman–Crippen MR) is 126 cm³/mol. The Labute approximate surface area is 188 Å². The molecule has 0 radical (unpaired) electrons. The van der Waals surface area contributed by atoms with Crippen LogP contribution in [-0.4, -0.2) is 57.2 Å². The van der Waals surface area contributed by atoms with Gasteiger partial charge in [0.2, 0.25) is 5.91 Å². The molecule has 154 valence electrons. The average Bonchev–Trinajstić information content (AvgIpc) is 2.64. The minimum absolute atomic E-state index is 0. The smallest absolute Gasteiger partial charge is 0.224 e. The molecule has 1 rings (SSSR count). The molecule has 1 aromatic rings. The summed E-state index contributed by atoms with van der Waals surface area (Å²) < 4.78 is 6.33. The standard InChI is InChI=1S/C19H31BrN4O2.HI/c1-4-26-14-8-7-12-22-19(21-2)23-13-11-18(25)24(3)15-16-9-5-6-10-17(16)20;/h5-6,9-10H,4,7-8,11-15H2,1-3H3,(H2,21,22,23);1H. The Balaban J connectivity index is 0.00000676. The van der Waals surface area contributed by atoms with Crippen molar-refractivity contribution in [2.24, 2.45) is 4.99 Å². The average molecular weight is 555 g/mol. The quantitative estimate of drug-likeness (QED) is 0.190. The summed E-state index contributed by atoms with van der Waals surface area (Å²) in [7, 11) is 3.56. The van der Waals surface area contributed by atoms with Crippen LogP contribution in [0.4, 0.5) is 0 Å². The number of unbranched alkanes of at least 4 members (excludes halogenated alkanes) is 1. The van der Waals surface area contributed by atoms with Crippen molar-refractivity contribution in [1.82, 2.24) is 15.5 Å². The Morgan fingerprint density at radius 1 is 1.22 bits per heavy atom. The number of carbonyl (C=O) groups is 1. The molecule has 0 saturated carbocycles. The van der Waals surface area contributed by atoms with Crippen LogP contribution in [0.3, 0.4) is 0 Å². The van der Waals surface area contributed by atoms with E-state index < -0.39 is 0 Å². The van der Waals surface area contributed by atoms with Crippen LogP contribution in [0.25, 0.3) is 0 Å².